The van der Waals surface area contributed by atoms with Gasteiger partial charge in [0.2, 0.25) is 0 Å². The van der Waals surface area contributed by atoms with Crippen LogP contribution in [0.2, 0.25) is 0 Å². The zero-order chi connectivity index (χ0) is 24.2. The normalized spacial score (nSPS) is 20.9. The highest BCUT2D eigenvalue weighted by molar-refractivity contribution is 7.91. The van der Waals surface area contributed by atoms with Gasteiger partial charge in [0.15, 0.2) is 21.5 Å². The Morgan fingerprint density at radius 3 is 2.33 bits per heavy atom. The van der Waals surface area contributed by atoms with Crippen molar-refractivity contribution in [1.82, 2.24) is 24.7 Å². The molecule has 2 aromatic heterocycles. The minimum Gasteiger partial charge on any atom is -0.382 e. The molecular formula is C21H32FN5O5S. The first kappa shape index (κ1) is 25.6. The van der Waals surface area contributed by atoms with Crippen LogP contribution in [0.5, 0.6) is 0 Å². The Hall–Kier alpha value is -2.02. The van der Waals surface area contributed by atoms with Crippen LogP contribution < -0.4 is 0 Å². The van der Waals surface area contributed by atoms with Gasteiger partial charge in [-0.15, -0.1) is 10.2 Å². The Kier molecular flexibility index (Phi) is 8.48. The molecule has 0 bridgehead atoms. The number of ether oxygens (including phenoxy) is 3. The highest BCUT2D eigenvalue weighted by atomic mass is 32.2. The molecular weight excluding hydrogens is 453 g/mol. The third-order valence-electron chi connectivity index (χ3n) is 6.04. The minimum absolute atomic E-state index is 0.0900. The van der Waals surface area contributed by atoms with Crippen LogP contribution >= 0.6 is 0 Å². The number of hydrogen-bond acceptors (Lipinski definition) is 9. The van der Waals surface area contributed by atoms with Crippen molar-refractivity contribution >= 4 is 9.84 Å². The van der Waals surface area contributed by atoms with E-state index < -0.39 is 26.8 Å². The minimum atomic E-state index is -3.70. The second-order valence-electron chi connectivity index (χ2n) is 8.48. The lowest BCUT2D eigenvalue weighted by Crippen LogP contribution is -2.30. The summed E-state index contributed by atoms with van der Waals surface area (Å²) in [7, 11) is -0.551. The molecule has 1 aliphatic heterocycles. The number of halogens is 1. The summed E-state index contributed by atoms with van der Waals surface area (Å²) >= 11 is 0. The summed E-state index contributed by atoms with van der Waals surface area (Å²) in [5, 5.41) is 7.73. The summed E-state index contributed by atoms with van der Waals surface area (Å²) in [5.41, 5.74) is 0. The number of nitrogens with zero attached hydrogens (tertiary/aromatic N) is 5. The topological polar surface area (TPSA) is 118 Å². The first-order valence-electron chi connectivity index (χ1n) is 10.9. The lowest BCUT2D eigenvalue weighted by Gasteiger charge is -2.24. The fraction of sp³-hybridized carbons (Fsp3) is 0.714. The molecule has 0 saturated carbocycles. The van der Waals surface area contributed by atoms with Crippen molar-refractivity contribution < 1.29 is 27.0 Å². The summed E-state index contributed by atoms with van der Waals surface area (Å²) < 4.78 is 58.4. The zero-order valence-corrected chi connectivity index (χ0v) is 20.5. The van der Waals surface area contributed by atoms with Crippen LogP contribution in [0.1, 0.15) is 69.1 Å². The lowest BCUT2D eigenvalue weighted by atomic mass is 10.1. The first-order valence-corrected chi connectivity index (χ1v) is 12.7. The molecule has 0 N–H and O–H groups in total. The molecule has 3 rings (SSSR count). The average Bonchev–Trinajstić information content (AvgIpc) is 3.38. The summed E-state index contributed by atoms with van der Waals surface area (Å²) in [6.07, 6.45) is 3.54. The van der Waals surface area contributed by atoms with Crippen molar-refractivity contribution in [3.8, 4) is 0 Å². The van der Waals surface area contributed by atoms with Gasteiger partial charge >= 0.3 is 0 Å². The van der Waals surface area contributed by atoms with Gasteiger partial charge in [-0.3, -0.25) is 0 Å². The van der Waals surface area contributed by atoms with Gasteiger partial charge in [-0.1, -0.05) is 6.92 Å². The van der Waals surface area contributed by atoms with E-state index in [0.717, 1.165) is 25.2 Å². The van der Waals surface area contributed by atoms with E-state index in [0.29, 0.717) is 24.9 Å². The van der Waals surface area contributed by atoms with Gasteiger partial charge in [0.1, 0.15) is 23.5 Å². The van der Waals surface area contributed by atoms with E-state index >= 15 is 0 Å². The molecule has 1 fully saturated rings. The highest BCUT2D eigenvalue weighted by Crippen LogP contribution is 2.34. The second kappa shape index (κ2) is 10.9. The van der Waals surface area contributed by atoms with Gasteiger partial charge in [-0.05, 0) is 26.7 Å². The monoisotopic (exact) mass is 485 g/mol. The number of sulfone groups is 1. The number of rotatable bonds is 11. The van der Waals surface area contributed by atoms with Gasteiger partial charge in [-0.2, -0.15) is 0 Å². The summed E-state index contributed by atoms with van der Waals surface area (Å²) in [6.45, 7) is 5.89. The Balaban J connectivity index is 1.92. The molecule has 0 aromatic carbocycles. The van der Waals surface area contributed by atoms with Crippen molar-refractivity contribution in [3.63, 3.8) is 0 Å². The number of methoxy groups -OCH3 is 2. The maximum absolute atomic E-state index is 13.4. The highest BCUT2D eigenvalue weighted by Gasteiger charge is 2.35. The SMILES string of the molecule is COCC(COC)n1c(CS(=O)(=O)[C@@H](C)[C@H](C)c2ncc(F)cn2)nnc1[C@H]1CC[C@@H](C)O1. The molecule has 2 aromatic rings. The van der Waals surface area contributed by atoms with Crippen molar-refractivity contribution in [1.29, 1.82) is 0 Å². The van der Waals surface area contributed by atoms with E-state index in [9.17, 15) is 12.8 Å². The molecule has 0 amide bonds. The molecule has 0 aliphatic carbocycles. The first-order chi connectivity index (χ1) is 15.7. The molecule has 1 aliphatic rings. The predicted molar refractivity (Wildman–Crippen MR) is 118 cm³/mol. The van der Waals surface area contributed by atoms with Crippen molar-refractivity contribution in [2.24, 2.45) is 0 Å². The molecule has 184 valence electrons. The molecule has 10 nitrogen and oxygen atoms in total. The Labute approximate surface area is 193 Å². The van der Waals surface area contributed by atoms with E-state index in [4.69, 9.17) is 14.2 Å². The number of aromatic nitrogens is 5. The van der Waals surface area contributed by atoms with Crippen LogP contribution in [0.25, 0.3) is 0 Å². The third kappa shape index (κ3) is 5.92. The van der Waals surface area contributed by atoms with Gasteiger partial charge in [-0.25, -0.2) is 22.8 Å². The molecule has 1 saturated heterocycles. The molecule has 3 heterocycles. The predicted octanol–water partition coefficient (Wildman–Crippen LogP) is 2.39. The van der Waals surface area contributed by atoms with Crippen molar-refractivity contribution in [2.75, 3.05) is 27.4 Å². The molecule has 12 heteroatoms. The maximum atomic E-state index is 13.4. The smallest absolute Gasteiger partial charge is 0.162 e. The maximum Gasteiger partial charge on any atom is 0.162 e. The largest absolute Gasteiger partial charge is 0.382 e. The zero-order valence-electron chi connectivity index (χ0n) is 19.6. The standard InChI is InChI=1S/C21H32FN5O5S/c1-13-6-7-18(32-13)21-26-25-19(27(21)17(10-30-4)11-31-5)12-33(28,29)15(3)14(2)20-23-8-16(22)9-24-20/h8-9,13-15,17-18H,6-7,10-12H2,1-5H3/t13-,14+,15+,18-/m1/s1. The Morgan fingerprint density at radius 2 is 1.79 bits per heavy atom. The molecule has 0 spiro atoms. The van der Waals surface area contributed by atoms with E-state index in [1.807, 2.05) is 6.92 Å². The Bertz CT molecular complexity index is 1010. The summed E-state index contributed by atoms with van der Waals surface area (Å²) in [6, 6.07) is -0.317. The van der Waals surface area contributed by atoms with Crippen molar-refractivity contribution in [2.45, 2.75) is 68.8 Å². The van der Waals surface area contributed by atoms with Crippen LogP contribution in [0.15, 0.2) is 12.4 Å². The molecule has 0 unspecified atom stereocenters. The van der Waals surface area contributed by atoms with Crippen LogP contribution in [-0.4, -0.2) is 71.9 Å². The van der Waals surface area contributed by atoms with Crippen LogP contribution in [0.4, 0.5) is 4.39 Å². The van der Waals surface area contributed by atoms with Crippen LogP contribution in [-0.2, 0) is 29.8 Å². The van der Waals surface area contributed by atoms with E-state index in [-0.39, 0.29) is 29.8 Å². The molecule has 33 heavy (non-hydrogen) atoms. The number of hydrogen-bond donors (Lipinski definition) is 0. The van der Waals surface area contributed by atoms with E-state index in [1.54, 1.807) is 32.6 Å². The van der Waals surface area contributed by atoms with Crippen molar-refractivity contribution in [3.05, 3.63) is 35.7 Å². The van der Waals surface area contributed by atoms with Gasteiger partial charge in [0.05, 0.1) is 43.0 Å². The quantitative estimate of drug-likeness (QED) is 0.473. The van der Waals surface area contributed by atoms with Gasteiger partial charge < -0.3 is 18.8 Å². The fourth-order valence-electron chi connectivity index (χ4n) is 4.02. The third-order valence-corrected chi connectivity index (χ3v) is 8.25. The fourth-order valence-corrected chi connectivity index (χ4v) is 5.58. The van der Waals surface area contributed by atoms with E-state index in [2.05, 4.69) is 20.2 Å². The van der Waals surface area contributed by atoms with Crippen LogP contribution in [0.3, 0.4) is 0 Å². The second-order valence-corrected chi connectivity index (χ2v) is 10.8. The van der Waals surface area contributed by atoms with Gasteiger partial charge in [0, 0.05) is 20.1 Å². The average molecular weight is 486 g/mol. The van der Waals surface area contributed by atoms with Gasteiger partial charge in [0.25, 0.3) is 0 Å². The molecule has 0 radical (unpaired) electrons. The lowest BCUT2D eigenvalue weighted by molar-refractivity contribution is 0.0399. The van der Waals surface area contributed by atoms with Crippen LogP contribution in [0, 0.1) is 5.82 Å². The Morgan fingerprint density at radius 1 is 1.15 bits per heavy atom. The summed E-state index contributed by atoms with van der Waals surface area (Å²) in [4.78, 5) is 7.89. The summed E-state index contributed by atoms with van der Waals surface area (Å²) in [5.74, 6) is -0.317. The van der Waals surface area contributed by atoms with E-state index in [1.165, 1.54) is 0 Å². The molecule has 4 atom stereocenters.